The number of ether oxygens (including phenoxy) is 1. The first-order chi connectivity index (χ1) is 18.8. The molecule has 2 heterocycles. The summed E-state index contributed by atoms with van der Waals surface area (Å²) in [5.41, 5.74) is 0.0506. The van der Waals surface area contributed by atoms with Crippen LogP contribution in [-0.2, 0) is 9.53 Å². The van der Waals surface area contributed by atoms with Crippen molar-refractivity contribution in [1.82, 2.24) is 4.90 Å². The third kappa shape index (κ3) is 4.89. The lowest BCUT2D eigenvalue weighted by atomic mass is 9.85. The molecule has 1 saturated heterocycles. The highest BCUT2D eigenvalue weighted by Gasteiger charge is 2.32. The molecule has 3 aromatic carbocycles. The van der Waals surface area contributed by atoms with E-state index in [2.05, 4.69) is 0 Å². The van der Waals surface area contributed by atoms with E-state index in [1.807, 2.05) is 0 Å². The van der Waals surface area contributed by atoms with E-state index in [0.717, 1.165) is 0 Å². The first-order valence-corrected chi connectivity index (χ1v) is 12.2. The second-order valence-corrected chi connectivity index (χ2v) is 9.18. The van der Waals surface area contributed by atoms with Gasteiger partial charge < -0.3 is 34.5 Å². The van der Waals surface area contributed by atoms with Gasteiger partial charge in [0.25, 0.3) is 0 Å². The number of morpholine rings is 1. The minimum atomic E-state index is -1.14. The minimum Gasteiger partial charge on any atom is -0.504 e. The van der Waals surface area contributed by atoms with Crippen LogP contribution in [0.5, 0.6) is 17.2 Å². The number of benzene rings is 3. The zero-order valence-corrected chi connectivity index (χ0v) is 20.7. The molecule has 0 aliphatic carbocycles. The Morgan fingerprint density at radius 3 is 2.21 bits per heavy atom. The standard InChI is InChI=1S/C29H25NO9/c31-20-15-21(17-4-2-1-3-5-17)39-28-23(25(33)27(35)26(34)24(20)28)19(14-22(32)30-10-12-38-13-11-30)16-6-8-18(9-7-16)29(36)37/h1-9,15,19,33-35H,10-14H2,(H,36,37)/t19-/m1/s1. The SMILES string of the molecule is O=C(O)c1ccc([C@@H](CC(=O)N2CCOCC2)c2c(O)c(O)c(O)c3c(=O)cc(-c4ccccc4)oc23)cc1. The number of hydrogen-bond donors (Lipinski definition) is 4. The maximum atomic E-state index is 13.4. The normalized spacial score (nSPS) is 14.3. The number of nitrogens with zero attached hydrogens (tertiary/aromatic N) is 1. The number of phenols is 3. The zero-order valence-electron chi connectivity index (χ0n) is 20.7. The summed E-state index contributed by atoms with van der Waals surface area (Å²) in [4.78, 5) is 39.6. The van der Waals surface area contributed by atoms with Gasteiger partial charge in [0.05, 0.1) is 18.8 Å². The maximum Gasteiger partial charge on any atom is 0.335 e. The summed E-state index contributed by atoms with van der Waals surface area (Å²) in [7, 11) is 0. The Morgan fingerprint density at radius 1 is 0.897 bits per heavy atom. The molecule has 0 radical (unpaired) electrons. The lowest BCUT2D eigenvalue weighted by Gasteiger charge is -2.29. The Hall–Kier alpha value is -4.83. The Balaban J connectivity index is 1.75. The maximum absolute atomic E-state index is 13.4. The Kier molecular flexibility index (Phi) is 6.95. The molecule has 1 aromatic heterocycles. The number of phenolic OH excluding ortho intramolecular Hbond substituents is 3. The molecule has 39 heavy (non-hydrogen) atoms. The Morgan fingerprint density at radius 2 is 1.56 bits per heavy atom. The van der Waals surface area contributed by atoms with Crippen LogP contribution in [0.4, 0.5) is 0 Å². The molecule has 1 atom stereocenters. The van der Waals surface area contributed by atoms with Gasteiger partial charge in [-0.2, -0.15) is 0 Å². The van der Waals surface area contributed by atoms with Crippen LogP contribution < -0.4 is 5.43 Å². The van der Waals surface area contributed by atoms with E-state index in [0.29, 0.717) is 37.4 Å². The quantitative estimate of drug-likeness (QED) is 0.273. The summed E-state index contributed by atoms with van der Waals surface area (Å²) in [6, 6.07) is 15.6. The van der Waals surface area contributed by atoms with Crippen molar-refractivity contribution in [3.8, 4) is 28.6 Å². The number of rotatable bonds is 6. The van der Waals surface area contributed by atoms with Gasteiger partial charge in [0, 0.05) is 42.6 Å². The van der Waals surface area contributed by atoms with Crippen molar-refractivity contribution in [2.75, 3.05) is 26.3 Å². The summed E-state index contributed by atoms with van der Waals surface area (Å²) in [5, 5.41) is 41.3. The summed E-state index contributed by atoms with van der Waals surface area (Å²) < 4.78 is 11.4. The van der Waals surface area contributed by atoms with Crippen molar-refractivity contribution in [1.29, 1.82) is 0 Å². The van der Waals surface area contributed by atoms with Gasteiger partial charge in [0.2, 0.25) is 11.7 Å². The van der Waals surface area contributed by atoms with Crippen molar-refractivity contribution < 1.29 is 39.2 Å². The van der Waals surface area contributed by atoms with E-state index in [1.54, 1.807) is 35.2 Å². The lowest BCUT2D eigenvalue weighted by Crippen LogP contribution is -2.41. The van der Waals surface area contributed by atoms with E-state index in [9.17, 15) is 34.8 Å². The van der Waals surface area contributed by atoms with Gasteiger partial charge in [-0.1, -0.05) is 42.5 Å². The minimum absolute atomic E-state index is 0.0116. The first kappa shape index (κ1) is 25.8. The van der Waals surface area contributed by atoms with Gasteiger partial charge in [-0.05, 0) is 17.7 Å². The summed E-state index contributed by atoms with van der Waals surface area (Å²) >= 11 is 0. The lowest BCUT2D eigenvalue weighted by molar-refractivity contribution is -0.135. The molecular weight excluding hydrogens is 506 g/mol. The number of fused-ring (bicyclic) bond motifs is 1. The zero-order chi connectivity index (χ0) is 27.7. The third-order valence-electron chi connectivity index (χ3n) is 6.84. The van der Waals surface area contributed by atoms with Crippen molar-refractivity contribution in [3.05, 3.63) is 87.6 Å². The largest absolute Gasteiger partial charge is 0.504 e. The van der Waals surface area contributed by atoms with E-state index in [4.69, 9.17) is 9.15 Å². The van der Waals surface area contributed by atoms with Crippen LogP contribution >= 0.6 is 0 Å². The fraction of sp³-hybridized carbons (Fsp3) is 0.207. The van der Waals surface area contributed by atoms with E-state index >= 15 is 0 Å². The fourth-order valence-corrected chi connectivity index (χ4v) is 4.80. The molecule has 1 aliphatic rings. The van der Waals surface area contributed by atoms with Gasteiger partial charge in [-0.25, -0.2) is 4.79 Å². The molecule has 0 unspecified atom stereocenters. The number of carboxylic acid groups (broad SMARTS) is 1. The Bertz CT molecular complexity index is 1600. The molecule has 4 aromatic rings. The van der Waals surface area contributed by atoms with Gasteiger partial charge in [0.15, 0.2) is 16.9 Å². The fourth-order valence-electron chi connectivity index (χ4n) is 4.80. The molecule has 4 N–H and O–H groups in total. The molecular formula is C29H25NO9. The average molecular weight is 532 g/mol. The molecule has 0 saturated carbocycles. The van der Waals surface area contributed by atoms with Gasteiger partial charge in [-0.3, -0.25) is 9.59 Å². The molecule has 0 spiro atoms. The summed E-state index contributed by atoms with van der Waals surface area (Å²) in [6.07, 6.45) is -0.210. The first-order valence-electron chi connectivity index (χ1n) is 12.2. The number of carbonyl (C=O) groups is 2. The van der Waals surface area contributed by atoms with Gasteiger partial charge in [0.1, 0.15) is 16.7 Å². The highest BCUT2D eigenvalue weighted by Crippen LogP contribution is 2.49. The summed E-state index contributed by atoms with van der Waals surface area (Å²) in [5.74, 6) is -4.79. The molecule has 1 amide bonds. The predicted molar refractivity (Wildman–Crippen MR) is 140 cm³/mol. The predicted octanol–water partition coefficient (Wildman–Crippen LogP) is 3.66. The van der Waals surface area contributed by atoms with E-state index < -0.39 is 34.6 Å². The highest BCUT2D eigenvalue weighted by molar-refractivity contribution is 5.94. The molecule has 1 fully saturated rings. The van der Waals surface area contributed by atoms with Crippen LogP contribution in [0.2, 0.25) is 0 Å². The molecule has 200 valence electrons. The molecule has 0 bridgehead atoms. The number of carboxylic acids is 1. The van der Waals surface area contributed by atoms with Crippen molar-refractivity contribution in [2.24, 2.45) is 0 Å². The van der Waals surface area contributed by atoms with Crippen molar-refractivity contribution in [3.63, 3.8) is 0 Å². The van der Waals surface area contributed by atoms with Gasteiger partial charge in [-0.15, -0.1) is 0 Å². The third-order valence-corrected chi connectivity index (χ3v) is 6.84. The number of aromatic hydroxyl groups is 3. The average Bonchev–Trinajstić information content (AvgIpc) is 2.96. The topological polar surface area (TPSA) is 158 Å². The summed E-state index contributed by atoms with van der Waals surface area (Å²) in [6.45, 7) is 1.47. The van der Waals surface area contributed by atoms with Gasteiger partial charge >= 0.3 is 5.97 Å². The van der Waals surface area contributed by atoms with Crippen LogP contribution in [0.15, 0.2) is 69.9 Å². The number of hydrogen-bond acceptors (Lipinski definition) is 8. The Labute approximate surface area is 221 Å². The van der Waals surface area contributed by atoms with Crippen molar-refractivity contribution in [2.45, 2.75) is 12.3 Å². The van der Waals surface area contributed by atoms with Crippen LogP contribution in [-0.4, -0.2) is 63.5 Å². The second kappa shape index (κ2) is 10.5. The molecule has 1 aliphatic heterocycles. The molecule has 10 nitrogen and oxygen atoms in total. The van der Waals surface area contributed by atoms with E-state index in [-0.39, 0.29) is 40.2 Å². The number of aromatic carboxylic acids is 1. The van der Waals surface area contributed by atoms with Crippen LogP contribution in [0.3, 0.4) is 0 Å². The molecule has 10 heteroatoms. The van der Waals surface area contributed by atoms with Crippen LogP contribution in [0, 0.1) is 0 Å². The highest BCUT2D eigenvalue weighted by atomic mass is 16.5. The molecule has 5 rings (SSSR count). The van der Waals surface area contributed by atoms with Crippen LogP contribution in [0.1, 0.15) is 33.8 Å². The number of carbonyl (C=O) groups excluding carboxylic acids is 1. The smallest absolute Gasteiger partial charge is 0.335 e. The van der Waals surface area contributed by atoms with Crippen molar-refractivity contribution >= 4 is 22.8 Å². The number of amides is 1. The van der Waals surface area contributed by atoms with Crippen LogP contribution in [0.25, 0.3) is 22.3 Å². The van der Waals surface area contributed by atoms with E-state index in [1.165, 1.54) is 30.3 Å². The second-order valence-electron chi connectivity index (χ2n) is 9.18. The monoisotopic (exact) mass is 531 g/mol.